The van der Waals surface area contributed by atoms with Crippen LogP contribution in [0.5, 0.6) is 0 Å². The number of hydrogen-bond donors (Lipinski definition) is 1. The molecule has 0 spiro atoms. The Bertz CT molecular complexity index is 732. The fourth-order valence-corrected chi connectivity index (χ4v) is 5.38. The molecule has 1 saturated heterocycles. The molecular weight excluding hydrogens is 332 g/mol. The number of nitrogens with zero attached hydrogens (tertiary/aromatic N) is 3. The number of likely N-dealkylation sites (tertiary alicyclic amines) is 1. The number of piperidine rings is 1. The lowest BCUT2D eigenvalue weighted by Gasteiger charge is -2.31. The van der Waals surface area contributed by atoms with E-state index < -0.39 is 10.0 Å². The number of rotatable bonds is 4. The van der Waals surface area contributed by atoms with Gasteiger partial charge in [0.1, 0.15) is 0 Å². The molecule has 3 rings (SSSR count). The summed E-state index contributed by atoms with van der Waals surface area (Å²) in [6, 6.07) is -0.0435. The lowest BCUT2D eigenvalue weighted by molar-refractivity contribution is 0.217. The average molecular weight is 349 g/mol. The van der Waals surface area contributed by atoms with Crippen molar-refractivity contribution in [3.05, 3.63) is 16.7 Å². The highest BCUT2D eigenvalue weighted by Crippen LogP contribution is 2.26. The van der Waals surface area contributed by atoms with E-state index in [2.05, 4.69) is 21.5 Å². The summed E-state index contributed by atoms with van der Waals surface area (Å²) in [5, 5.41) is 1.86. The Labute approximate surface area is 132 Å². The van der Waals surface area contributed by atoms with Gasteiger partial charge in [0.05, 0.1) is 0 Å². The van der Waals surface area contributed by atoms with Gasteiger partial charge < -0.3 is 4.90 Å². The first-order chi connectivity index (χ1) is 10.0. The molecule has 0 amide bonds. The van der Waals surface area contributed by atoms with Gasteiger partial charge in [0.15, 0.2) is 15.1 Å². The number of imidazole rings is 1. The van der Waals surface area contributed by atoms with Crippen LogP contribution in [0.2, 0.25) is 5.15 Å². The van der Waals surface area contributed by atoms with Gasteiger partial charge in [-0.15, -0.1) is 11.3 Å². The monoisotopic (exact) mass is 348 g/mol. The first-order valence-electron chi connectivity index (χ1n) is 6.87. The van der Waals surface area contributed by atoms with Gasteiger partial charge in [-0.2, -0.15) is 0 Å². The molecule has 0 atom stereocenters. The number of hydrogen-bond acceptors (Lipinski definition) is 5. The third-order valence-electron chi connectivity index (χ3n) is 3.79. The minimum absolute atomic E-state index is 0.0281. The topological polar surface area (TPSA) is 66.7 Å². The van der Waals surface area contributed by atoms with Gasteiger partial charge in [-0.3, -0.25) is 4.40 Å². The predicted octanol–water partition coefficient (Wildman–Crippen LogP) is 1.81. The summed E-state index contributed by atoms with van der Waals surface area (Å²) < 4.78 is 29.5. The Kier molecular flexibility index (Phi) is 4.24. The number of halogens is 1. The maximum absolute atomic E-state index is 12.6. The molecule has 0 bridgehead atoms. The van der Waals surface area contributed by atoms with Crippen molar-refractivity contribution in [1.29, 1.82) is 0 Å². The van der Waals surface area contributed by atoms with E-state index in [1.165, 1.54) is 15.7 Å². The Morgan fingerprint density at radius 2 is 2.19 bits per heavy atom. The van der Waals surface area contributed by atoms with Crippen LogP contribution in [-0.4, -0.2) is 48.4 Å². The van der Waals surface area contributed by atoms with Crippen LogP contribution in [0.25, 0.3) is 4.96 Å². The molecule has 0 saturated carbocycles. The van der Waals surface area contributed by atoms with E-state index in [1.807, 2.05) is 0 Å². The first kappa shape index (κ1) is 15.2. The molecular formula is C12H17ClN4O2S2. The molecule has 2 aromatic rings. The van der Waals surface area contributed by atoms with Crippen molar-refractivity contribution in [2.24, 2.45) is 0 Å². The molecule has 1 fully saturated rings. The first-order valence-corrected chi connectivity index (χ1v) is 9.61. The minimum atomic E-state index is -3.66. The standard InChI is InChI=1S/C12H17ClN4O2S2/c1-2-16-5-3-9(4-6-16)15-21(18,19)11-10(13)14-12-17(11)7-8-20-12/h7-9,15H,2-6H2,1H3. The summed E-state index contributed by atoms with van der Waals surface area (Å²) >= 11 is 7.36. The molecule has 2 aromatic heterocycles. The van der Waals surface area contributed by atoms with Crippen LogP contribution >= 0.6 is 22.9 Å². The van der Waals surface area contributed by atoms with Crippen molar-refractivity contribution in [1.82, 2.24) is 19.0 Å². The Hall–Kier alpha value is -0.670. The highest BCUT2D eigenvalue weighted by atomic mass is 35.5. The molecule has 1 aliphatic rings. The van der Waals surface area contributed by atoms with E-state index in [9.17, 15) is 8.42 Å². The predicted molar refractivity (Wildman–Crippen MR) is 83.5 cm³/mol. The van der Waals surface area contributed by atoms with E-state index in [1.54, 1.807) is 11.6 Å². The second kappa shape index (κ2) is 5.85. The molecule has 1 aliphatic heterocycles. The Morgan fingerprint density at radius 1 is 1.48 bits per heavy atom. The highest BCUT2D eigenvalue weighted by molar-refractivity contribution is 7.89. The van der Waals surface area contributed by atoms with Crippen molar-refractivity contribution < 1.29 is 8.42 Å². The lowest BCUT2D eigenvalue weighted by atomic mass is 10.1. The maximum Gasteiger partial charge on any atom is 0.260 e. The molecule has 116 valence electrons. The largest absolute Gasteiger partial charge is 0.303 e. The summed E-state index contributed by atoms with van der Waals surface area (Å²) in [6.07, 6.45) is 3.31. The van der Waals surface area contributed by atoms with E-state index in [4.69, 9.17) is 11.6 Å². The molecule has 0 aromatic carbocycles. The summed E-state index contributed by atoms with van der Waals surface area (Å²) in [6.45, 7) is 4.95. The van der Waals surface area contributed by atoms with Crippen LogP contribution < -0.4 is 4.72 Å². The highest BCUT2D eigenvalue weighted by Gasteiger charge is 2.29. The maximum atomic E-state index is 12.6. The third kappa shape index (κ3) is 2.95. The Balaban J connectivity index is 1.81. The van der Waals surface area contributed by atoms with Gasteiger partial charge >= 0.3 is 0 Å². The lowest BCUT2D eigenvalue weighted by Crippen LogP contribution is -2.44. The van der Waals surface area contributed by atoms with Gasteiger partial charge in [0.2, 0.25) is 0 Å². The third-order valence-corrected chi connectivity index (χ3v) is 6.46. The zero-order chi connectivity index (χ0) is 15.0. The normalized spacial score (nSPS) is 18.6. The van der Waals surface area contributed by atoms with E-state index in [0.29, 0.717) is 4.96 Å². The molecule has 9 heteroatoms. The SMILES string of the molecule is CCN1CCC(NS(=O)(=O)c2c(Cl)nc3sccn23)CC1. The summed E-state index contributed by atoms with van der Waals surface area (Å²) in [7, 11) is -3.66. The molecule has 1 N–H and O–H groups in total. The van der Waals surface area contributed by atoms with E-state index in [-0.39, 0.29) is 16.2 Å². The smallest absolute Gasteiger partial charge is 0.260 e. The fourth-order valence-electron chi connectivity index (χ4n) is 2.62. The minimum Gasteiger partial charge on any atom is -0.303 e. The van der Waals surface area contributed by atoms with Crippen molar-refractivity contribution in [2.75, 3.05) is 19.6 Å². The quantitative estimate of drug-likeness (QED) is 0.915. The fraction of sp³-hybridized carbons (Fsp3) is 0.583. The Morgan fingerprint density at radius 3 is 2.86 bits per heavy atom. The molecule has 0 radical (unpaired) electrons. The molecule has 3 heterocycles. The number of fused-ring (bicyclic) bond motifs is 1. The summed E-state index contributed by atoms with van der Waals surface area (Å²) in [5.74, 6) is 0. The van der Waals surface area contributed by atoms with Crippen molar-refractivity contribution in [3.8, 4) is 0 Å². The zero-order valence-electron chi connectivity index (χ0n) is 11.6. The summed E-state index contributed by atoms with van der Waals surface area (Å²) in [4.78, 5) is 6.97. The number of aromatic nitrogens is 2. The van der Waals surface area contributed by atoms with Gasteiger partial charge in [-0.25, -0.2) is 18.1 Å². The van der Waals surface area contributed by atoms with Crippen LogP contribution in [0.3, 0.4) is 0 Å². The number of thiazole rings is 1. The van der Waals surface area contributed by atoms with Crippen LogP contribution in [-0.2, 0) is 10.0 Å². The van der Waals surface area contributed by atoms with Gasteiger partial charge in [-0.1, -0.05) is 18.5 Å². The van der Waals surface area contributed by atoms with Gasteiger partial charge in [0, 0.05) is 17.6 Å². The van der Waals surface area contributed by atoms with Crippen LogP contribution in [0, 0.1) is 0 Å². The second-order valence-electron chi connectivity index (χ2n) is 5.09. The molecule has 21 heavy (non-hydrogen) atoms. The molecule has 0 aliphatic carbocycles. The van der Waals surface area contributed by atoms with Crippen molar-refractivity contribution in [2.45, 2.75) is 30.8 Å². The van der Waals surface area contributed by atoms with Crippen molar-refractivity contribution >= 4 is 37.9 Å². The average Bonchev–Trinajstić information content (AvgIpc) is 2.98. The van der Waals surface area contributed by atoms with E-state index >= 15 is 0 Å². The second-order valence-corrected chi connectivity index (χ2v) is 7.95. The van der Waals surface area contributed by atoms with Gasteiger partial charge in [-0.05, 0) is 32.5 Å². The van der Waals surface area contributed by atoms with Crippen molar-refractivity contribution in [3.63, 3.8) is 0 Å². The van der Waals surface area contributed by atoms with Crippen LogP contribution in [0.15, 0.2) is 16.6 Å². The van der Waals surface area contributed by atoms with Crippen LogP contribution in [0.1, 0.15) is 19.8 Å². The van der Waals surface area contributed by atoms with Gasteiger partial charge in [0.25, 0.3) is 10.0 Å². The number of nitrogens with one attached hydrogen (secondary N) is 1. The molecule has 0 unspecified atom stereocenters. The zero-order valence-corrected chi connectivity index (χ0v) is 14.0. The summed E-state index contributed by atoms with van der Waals surface area (Å²) in [5.41, 5.74) is 0. The van der Waals surface area contributed by atoms with E-state index in [0.717, 1.165) is 32.5 Å². The van der Waals surface area contributed by atoms with Crippen LogP contribution in [0.4, 0.5) is 0 Å². The molecule has 6 nitrogen and oxygen atoms in total. The number of sulfonamides is 1.